The molecule has 3 aromatic rings. The van der Waals surface area contributed by atoms with Gasteiger partial charge in [0, 0.05) is 16.3 Å². The van der Waals surface area contributed by atoms with E-state index in [1.54, 1.807) is 66.7 Å². The van der Waals surface area contributed by atoms with Crippen LogP contribution in [0.15, 0.2) is 84.0 Å². The Morgan fingerprint density at radius 3 is 2.20 bits per heavy atom. The third-order valence-corrected chi connectivity index (χ3v) is 4.28. The minimum Gasteiger partial charge on any atom is -0.322 e. The highest BCUT2D eigenvalue weighted by molar-refractivity contribution is 6.40. The molecule has 3 amide bonds. The predicted octanol–water partition coefficient (Wildman–Crippen LogP) is 3.68. The van der Waals surface area contributed by atoms with Crippen LogP contribution in [0.4, 0.5) is 11.4 Å². The van der Waals surface area contributed by atoms with E-state index in [-0.39, 0.29) is 11.3 Å². The predicted molar refractivity (Wildman–Crippen MR) is 117 cm³/mol. The molecule has 7 nitrogen and oxygen atoms in total. The molecule has 0 radical (unpaired) electrons. The molecule has 0 spiro atoms. The number of hydrogen-bond acceptors (Lipinski definition) is 4. The molecule has 0 saturated carbocycles. The Balaban J connectivity index is 1.64. The van der Waals surface area contributed by atoms with Crippen molar-refractivity contribution in [2.45, 2.75) is 0 Å². The quantitative estimate of drug-likeness (QED) is 0.333. The molecule has 0 aliphatic carbocycles. The number of amides is 3. The molecule has 3 rings (SSSR count). The van der Waals surface area contributed by atoms with Crippen molar-refractivity contribution < 1.29 is 14.4 Å². The summed E-state index contributed by atoms with van der Waals surface area (Å²) >= 11 is 5.99. The highest BCUT2D eigenvalue weighted by Gasteiger charge is 2.17. The summed E-state index contributed by atoms with van der Waals surface area (Å²) in [6, 6.07) is 22.2. The summed E-state index contributed by atoms with van der Waals surface area (Å²) in [5.41, 5.74) is 3.72. The number of hydrogen-bond donors (Lipinski definition) is 3. The van der Waals surface area contributed by atoms with Gasteiger partial charge in [0.05, 0.1) is 17.5 Å². The van der Waals surface area contributed by atoms with Crippen LogP contribution in [-0.4, -0.2) is 23.9 Å². The molecule has 0 fully saturated rings. The second kappa shape index (κ2) is 9.99. The lowest BCUT2D eigenvalue weighted by atomic mass is 10.1. The van der Waals surface area contributed by atoms with Crippen LogP contribution >= 0.6 is 11.6 Å². The van der Waals surface area contributed by atoms with Crippen molar-refractivity contribution in [2.75, 3.05) is 10.6 Å². The Morgan fingerprint density at radius 2 is 1.43 bits per heavy atom. The molecule has 0 saturated heterocycles. The van der Waals surface area contributed by atoms with E-state index in [4.69, 9.17) is 11.6 Å². The van der Waals surface area contributed by atoms with Crippen LogP contribution in [0.2, 0.25) is 5.02 Å². The van der Waals surface area contributed by atoms with Gasteiger partial charge >= 0.3 is 11.8 Å². The SMILES string of the molecule is O=C(N/N=C/c1ccccc1Cl)C(=O)Nc1ccccc1C(=O)Nc1ccccc1. The van der Waals surface area contributed by atoms with Crippen molar-refractivity contribution in [1.82, 2.24) is 5.43 Å². The van der Waals surface area contributed by atoms with E-state index in [1.165, 1.54) is 12.3 Å². The highest BCUT2D eigenvalue weighted by Crippen LogP contribution is 2.17. The molecule has 150 valence electrons. The monoisotopic (exact) mass is 420 g/mol. The molecule has 8 heteroatoms. The number of carbonyl (C=O) groups excluding carboxylic acids is 3. The number of halogens is 1. The van der Waals surface area contributed by atoms with Crippen LogP contribution in [0.25, 0.3) is 0 Å². The fraction of sp³-hybridized carbons (Fsp3) is 0. The van der Waals surface area contributed by atoms with Gasteiger partial charge in [-0.15, -0.1) is 0 Å². The van der Waals surface area contributed by atoms with Gasteiger partial charge in [0.25, 0.3) is 5.91 Å². The van der Waals surface area contributed by atoms with Crippen molar-refractivity contribution in [3.63, 3.8) is 0 Å². The molecular formula is C22H17ClN4O3. The van der Waals surface area contributed by atoms with E-state index in [9.17, 15) is 14.4 Å². The Morgan fingerprint density at radius 1 is 0.767 bits per heavy atom. The molecule has 0 aliphatic heterocycles. The largest absolute Gasteiger partial charge is 0.329 e. The number of nitrogens with one attached hydrogen (secondary N) is 3. The fourth-order valence-electron chi connectivity index (χ4n) is 2.48. The second-order valence-corrected chi connectivity index (χ2v) is 6.45. The Labute approximate surface area is 177 Å². The van der Waals surface area contributed by atoms with Gasteiger partial charge in [-0.3, -0.25) is 14.4 Å². The topological polar surface area (TPSA) is 99.7 Å². The maximum atomic E-state index is 12.5. The summed E-state index contributed by atoms with van der Waals surface area (Å²) < 4.78 is 0. The number of benzene rings is 3. The van der Waals surface area contributed by atoms with Gasteiger partial charge in [0.2, 0.25) is 0 Å². The first-order valence-electron chi connectivity index (χ1n) is 8.89. The molecule has 30 heavy (non-hydrogen) atoms. The zero-order chi connectivity index (χ0) is 21.3. The number of carbonyl (C=O) groups is 3. The van der Waals surface area contributed by atoms with Crippen molar-refractivity contribution in [3.8, 4) is 0 Å². The van der Waals surface area contributed by atoms with Gasteiger partial charge in [-0.05, 0) is 30.3 Å². The zero-order valence-electron chi connectivity index (χ0n) is 15.6. The maximum absolute atomic E-state index is 12.5. The van der Waals surface area contributed by atoms with Crippen LogP contribution in [0, 0.1) is 0 Å². The molecule has 0 aliphatic rings. The van der Waals surface area contributed by atoms with Gasteiger partial charge in [-0.25, -0.2) is 5.43 Å². The average Bonchev–Trinajstić information content (AvgIpc) is 2.76. The molecule has 0 atom stereocenters. The first-order valence-corrected chi connectivity index (χ1v) is 9.27. The number of nitrogens with zero attached hydrogens (tertiary/aromatic N) is 1. The minimum atomic E-state index is -0.989. The molecule has 0 heterocycles. The normalized spacial score (nSPS) is 10.4. The highest BCUT2D eigenvalue weighted by atomic mass is 35.5. The van der Waals surface area contributed by atoms with Gasteiger partial charge in [0.1, 0.15) is 0 Å². The molecule has 0 aromatic heterocycles. The Hall–Kier alpha value is -3.97. The molecule has 0 bridgehead atoms. The number of para-hydroxylation sites is 2. The first kappa shape index (κ1) is 20.8. The molecule has 3 N–H and O–H groups in total. The van der Waals surface area contributed by atoms with E-state index < -0.39 is 17.7 Å². The van der Waals surface area contributed by atoms with E-state index in [0.29, 0.717) is 16.3 Å². The van der Waals surface area contributed by atoms with E-state index in [1.807, 2.05) is 6.07 Å². The Kier molecular flexibility index (Phi) is 6.91. The van der Waals surface area contributed by atoms with Crippen LogP contribution < -0.4 is 16.1 Å². The summed E-state index contributed by atoms with van der Waals surface area (Å²) in [5, 5.41) is 9.34. The van der Waals surface area contributed by atoms with Crippen LogP contribution in [0.1, 0.15) is 15.9 Å². The lowest BCUT2D eigenvalue weighted by Crippen LogP contribution is -2.33. The van der Waals surface area contributed by atoms with Gasteiger partial charge < -0.3 is 10.6 Å². The van der Waals surface area contributed by atoms with Gasteiger partial charge in [-0.2, -0.15) is 5.10 Å². The standard InChI is InChI=1S/C22H17ClN4O3/c23-18-12-6-4-8-15(18)14-24-27-22(30)21(29)26-19-13-7-5-11-17(19)20(28)25-16-9-2-1-3-10-16/h1-14H,(H,25,28)(H,26,29)(H,27,30)/b24-14+. The molecule has 0 unspecified atom stereocenters. The first-order chi connectivity index (χ1) is 14.5. The van der Waals surface area contributed by atoms with E-state index in [0.717, 1.165) is 0 Å². The van der Waals surface area contributed by atoms with Crippen LogP contribution in [0.3, 0.4) is 0 Å². The van der Waals surface area contributed by atoms with Crippen LogP contribution in [-0.2, 0) is 9.59 Å². The van der Waals surface area contributed by atoms with E-state index >= 15 is 0 Å². The zero-order valence-corrected chi connectivity index (χ0v) is 16.4. The third-order valence-electron chi connectivity index (χ3n) is 3.93. The summed E-state index contributed by atoms with van der Waals surface area (Å²) in [6.07, 6.45) is 1.33. The summed E-state index contributed by atoms with van der Waals surface area (Å²) in [5.74, 6) is -2.38. The maximum Gasteiger partial charge on any atom is 0.329 e. The molecular weight excluding hydrogens is 404 g/mol. The number of anilines is 2. The lowest BCUT2D eigenvalue weighted by Gasteiger charge is -2.11. The lowest BCUT2D eigenvalue weighted by molar-refractivity contribution is -0.136. The van der Waals surface area contributed by atoms with Crippen LogP contribution in [0.5, 0.6) is 0 Å². The Bertz CT molecular complexity index is 1100. The third kappa shape index (κ3) is 5.52. The smallest absolute Gasteiger partial charge is 0.322 e. The van der Waals surface area contributed by atoms with Crippen molar-refractivity contribution in [3.05, 3.63) is 95.0 Å². The summed E-state index contributed by atoms with van der Waals surface area (Å²) in [6.45, 7) is 0. The van der Waals surface area contributed by atoms with Crippen molar-refractivity contribution in [1.29, 1.82) is 0 Å². The average molecular weight is 421 g/mol. The number of hydrazone groups is 1. The van der Waals surface area contributed by atoms with Gasteiger partial charge in [-0.1, -0.05) is 60.1 Å². The van der Waals surface area contributed by atoms with E-state index in [2.05, 4.69) is 21.2 Å². The summed E-state index contributed by atoms with van der Waals surface area (Å²) in [4.78, 5) is 36.8. The second-order valence-electron chi connectivity index (χ2n) is 6.04. The summed E-state index contributed by atoms with van der Waals surface area (Å²) in [7, 11) is 0. The molecule has 3 aromatic carbocycles. The number of rotatable bonds is 5. The fourth-order valence-corrected chi connectivity index (χ4v) is 2.66. The van der Waals surface area contributed by atoms with Gasteiger partial charge in [0.15, 0.2) is 0 Å². The van der Waals surface area contributed by atoms with Crippen molar-refractivity contribution >= 4 is 46.9 Å². The van der Waals surface area contributed by atoms with Crippen molar-refractivity contribution in [2.24, 2.45) is 5.10 Å². The minimum absolute atomic E-state index is 0.196.